The number of rotatable bonds is 8. The summed E-state index contributed by atoms with van der Waals surface area (Å²) in [7, 11) is 4.63. The van der Waals surface area contributed by atoms with Gasteiger partial charge in [0.1, 0.15) is 17.2 Å². The van der Waals surface area contributed by atoms with Crippen molar-refractivity contribution in [2.45, 2.75) is 0 Å². The van der Waals surface area contributed by atoms with E-state index in [1.807, 2.05) is 18.2 Å². The lowest BCUT2D eigenvalue weighted by Crippen LogP contribution is -2.20. The fourth-order valence-electron chi connectivity index (χ4n) is 2.52. The molecular formula is C21H21N3O5. The van der Waals surface area contributed by atoms with Crippen molar-refractivity contribution in [3.05, 3.63) is 54.6 Å². The Morgan fingerprint density at radius 1 is 0.828 bits per heavy atom. The van der Waals surface area contributed by atoms with Crippen molar-refractivity contribution >= 4 is 11.6 Å². The average Bonchev–Trinajstić information content (AvgIpc) is 2.78. The van der Waals surface area contributed by atoms with Crippen molar-refractivity contribution in [3.8, 4) is 34.4 Å². The number of hydrogen-bond acceptors (Lipinski definition) is 7. The zero-order valence-electron chi connectivity index (χ0n) is 16.3. The Morgan fingerprint density at radius 3 is 2.03 bits per heavy atom. The van der Waals surface area contributed by atoms with E-state index in [4.69, 9.17) is 18.9 Å². The zero-order chi connectivity index (χ0) is 20.6. The minimum atomic E-state index is -0.288. The Bertz CT molecular complexity index is 937. The first-order valence-electron chi connectivity index (χ1n) is 8.75. The number of methoxy groups -OCH3 is 3. The maximum Gasteiger partial charge on any atom is 0.262 e. The molecule has 1 amide bonds. The highest BCUT2D eigenvalue weighted by molar-refractivity contribution is 5.92. The largest absolute Gasteiger partial charge is 0.496 e. The van der Waals surface area contributed by atoms with Crippen LogP contribution in [0.1, 0.15) is 0 Å². The first kappa shape index (κ1) is 19.9. The third-order valence-corrected chi connectivity index (χ3v) is 4.01. The fourth-order valence-corrected chi connectivity index (χ4v) is 2.52. The van der Waals surface area contributed by atoms with Crippen LogP contribution in [0.15, 0.2) is 54.6 Å². The van der Waals surface area contributed by atoms with Gasteiger partial charge in [0.15, 0.2) is 6.61 Å². The molecule has 8 nitrogen and oxygen atoms in total. The maximum atomic E-state index is 12.2. The minimum Gasteiger partial charge on any atom is -0.496 e. The number of ether oxygens (including phenoxy) is 4. The molecule has 0 radical (unpaired) electrons. The van der Waals surface area contributed by atoms with Gasteiger partial charge in [-0.2, -0.15) is 0 Å². The average molecular weight is 395 g/mol. The van der Waals surface area contributed by atoms with Crippen molar-refractivity contribution in [2.75, 3.05) is 33.3 Å². The Hall–Kier alpha value is -3.81. The van der Waals surface area contributed by atoms with Crippen molar-refractivity contribution in [1.29, 1.82) is 0 Å². The number of carbonyl (C=O) groups is 1. The SMILES string of the molecule is COc1cc(OC)cc(OCC(=O)Nc2ccc(-c3ccc(OC)nn3)cc2)c1. The molecule has 0 bridgehead atoms. The molecule has 2 aromatic carbocycles. The summed E-state index contributed by atoms with van der Waals surface area (Å²) in [6, 6.07) is 15.9. The Labute approximate surface area is 168 Å². The quantitative estimate of drug-likeness (QED) is 0.626. The number of nitrogens with zero attached hydrogens (tertiary/aromatic N) is 2. The van der Waals surface area contributed by atoms with E-state index in [0.717, 1.165) is 5.56 Å². The highest BCUT2D eigenvalue weighted by atomic mass is 16.5. The molecule has 0 aliphatic carbocycles. The van der Waals surface area contributed by atoms with Crippen molar-refractivity contribution in [3.63, 3.8) is 0 Å². The van der Waals surface area contributed by atoms with E-state index in [0.29, 0.717) is 34.5 Å². The molecule has 8 heteroatoms. The number of amides is 1. The van der Waals surface area contributed by atoms with Gasteiger partial charge in [-0.05, 0) is 18.2 Å². The molecule has 1 heterocycles. The molecule has 150 valence electrons. The molecule has 0 saturated heterocycles. The van der Waals surface area contributed by atoms with Crippen LogP contribution in [0, 0.1) is 0 Å². The first-order valence-corrected chi connectivity index (χ1v) is 8.75. The van der Waals surface area contributed by atoms with E-state index in [1.54, 1.807) is 50.6 Å². The van der Waals surface area contributed by atoms with Gasteiger partial charge in [0.2, 0.25) is 5.88 Å². The van der Waals surface area contributed by atoms with E-state index in [9.17, 15) is 4.79 Å². The predicted octanol–water partition coefficient (Wildman–Crippen LogP) is 3.19. The topological polar surface area (TPSA) is 91.8 Å². The summed E-state index contributed by atoms with van der Waals surface area (Å²) in [6.07, 6.45) is 0. The van der Waals surface area contributed by atoms with Crippen LogP contribution in [-0.2, 0) is 4.79 Å². The van der Waals surface area contributed by atoms with Gasteiger partial charge in [0, 0.05) is 35.5 Å². The van der Waals surface area contributed by atoms with Gasteiger partial charge in [-0.3, -0.25) is 4.79 Å². The van der Waals surface area contributed by atoms with E-state index in [2.05, 4.69) is 15.5 Å². The summed E-state index contributed by atoms with van der Waals surface area (Å²) in [6.45, 7) is -0.151. The Morgan fingerprint density at radius 2 is 1.48 bits per heavy atom. The maximum absolute atomic E-state index is 12.2. The number of nitrogens with one attached hydrogen (secondary N) is 1. The zero-order valence-corrected chi connectivity index (χ0v) is 16.3. The lowest BCUT2D eigenvalue weighted by atomic mass is 10.1. The molecule has 0 atom stereocenters. The number of anilines is 1. The van der Waals surface area contributed by atoms with Crippen LogP contribution in [-0.4, -0.2) is 44.0 Å². The molecule has 0 fully saturated rings. The lowest BCUT2D eigenvalue weighted by Gasteiger charge is -2.11. The third-order valence-electron chi connectivity index (χ3n) is 4.01. The second-order valence-corrected chi connectivity index (χ2v) is 5.92. The molecule has 0 spiro atoms. The van der Waals surface area contributed by atoms with Crippen molar-refractivity contribution < 1.29 is 23.7 Å². The van der Waals surface area contributed by atoms with Gasteiger partial charge < -0.3 is 24.3 Å². The number of hydrogen-bond donors (Lipinski definition) is 1. The molecule has 1 N–H and O–H groups in total. The fraction of sp³-hybridized carbons (Fsp3) is 0.190. The van der Waals surface area contributed by atoms with E-state index in [1.165, 1.54) is 7.11 Å². The smallest absolute Gasteiger partial charge is 0.262 e. The van der Waals surface area contributed by atoms with Gasteiger partial charge >= 0.3 is 0 Å². The molecule has 0 saturated carbocycles. The minimum absolute atomic E-state index is 0.151. The van der Waals surface area contributed by atoms with Crippen LogP contribution in [0.2, 0.25) is 0 Å². The van der Waals surface area contributed by atoms with Crippen LogP contribution >= 0.6 is 0 Å². The second kappa shape index (κ2) is 9.41. The van der Waals surface area contributed by atoms with Gasteiger partial charge in [0.05, 0.1) is 27.0 Å². The van der Waals surface area contributed by atoms with Crippen LogP contribution in [0.3, 0.4) is 0 Å². The van der Waals surface area contributed by atoms with Crippen LogP contribution in [0.5, 0.6) is 23.1 Å². The van der Waals surface area contributed by atoms with E-state index in [-0.39, 0.29) is 12.5 Å². The van der Waals surface area contributed by atoms with Crippen LogP contribution in [0.25, 0.3) is 11.3 Å². The predicted molar refractivity (Wildman–Crippen MR) is 108 cm³/mol. The molecular weight excluding hydrogens is 374 g/mol. The summed E-state index contributed by atoms with van der Waals surface area (Å²) in [5, 5.41) is 10.8. The first-order chi connectivity index (χ1) is 14.1. The summed E-state index contributed by atoms with van der Waals surface area (Å²) < 4.78 is 20.9. The molecule has 0 aliphatic heterocycles. The molecule has 0 aliphatic rings. The van der Waals surface area contributed by atoms with Gasteiger partial charge in [-0.25, -0.2) is 0 Å². The molecule has 29 heavy (non-hydrogen) atoms. The van der Waals surface area contributed by atoms with E-state index < -0.39 is 0 Å². The Kier molecular flexibility index (Phi) is 6.47. The highest BCUT2D eigenvalue weighted by Gasteiger charge is 2.08. The normalized spacial score (nSPS) is 10.2. The van der Waals surface area contributed by atoms with Gasteiger partial charge in [0.25, 0.3) is 5.91 Å². The summed E-state index contributed by atoms with van der Waals surface area (Å²) >= 11 is 0. The highest BCUT2D eigenvalue weighted by Crippen LogP contribution is 2.27. The van der Waals surface area contributed by atoms with Crippen molar-refractivity contribution in [2.24, 2.45) is 0 Å². The summed E-state index contributed by atoms with van der Waals surface area (Å²) in [5.74, 6) is 1.80. The lowest BCUT2D eigenvalue weighted by molar-refractivity contribution is -0.118. The van der Waals surface area contributed by atoms with Crippen LogP contribution in [0.4, 0.5) is 5.69 Å². The van der Waals surface area contributed by atoms with Crippen molar-refractivity contribution in [1.82, 2.24) is 10.2 Å². The molecule has 0 unspecified atom stereocenters. The Balaban J connectivity index is 1.58. The van der Waals surface area contributed by atoms with Gasteiger partial charge in [-0.1, -0.05) is 12.1 Å². The summed E-state index contributed by atoms with van der Waals surface area (Å²) in [4.78, 5) is 12.2. The molecule has 3 rings (SSSR count). The third kappa shape index (κ3) is 5.35. The van der Waals surface area contributed by atoms with Crippen LogP contribution < -0.4 is 24.3 Å². The number of aromatic nitrogens is 2. The molecule has 1 aromatic heterocycles. The number of carbonyl (C=O) groups excluding carboxylic acids is 1. The van der Waals surface area contributed by atoms with E-state index >= 15 is 0 Å². The standard InChI is InChI=1S/C21H21N3O5/c1-26-16-10-17(27-2)12-18(11-16)29-13-20(25)22-15-6-4-14(5-7-15)19-8-9-21(28-3)24-23-19/h4-12H,13H2,1-3H3,(H,22,25). The monoisotopic (exact) mass is 395 g/mol. The second-order valence-electron chi connectivity index (χ2n) is 5.92. The molecule has 3 aromatic rings. The van der Waals surface area contributed by atoms with Gasteiger partial charge in [-0.15, -0.1) is 10.2 Å². The summed E-state index contributed by atoms with van der Waals surface area (Å²) in [5.41, 5.74) is 2.23. The number of benzene rings is 2.